The third-order valence-electron chi connectivity index (χ3n) is 4.96. The maximum atomic E-state index is 3.45. The van der Waals surface area contributed by atoms with Crippen molar-refractivity contribution in [2.45, 2.75) is 51.2 Å². The van der Waals surface area contributed by atoms with Crippen LogP contribution in [-0.2, 0) is 0 Å². The number of hydrogen-bond acceptors (Lipinski definition) is 3. The summed E-state index contributed by atoms with van der Waals surface area (Å²) >= 11 is 2.21. The molecule has 0 radical (unpaired) electrons. The Morgan fingerprint density at radius 2 is 1.89 bits per heavy atom. The van der Waals surface area contributed by atoms with Crippen LogP contribution in [0.2, 0.25) is 0 Å². The fourth-order valence-electron chi connectivity index (χ4n) is 2.98. The molecule has 0 unspecified atom stereocenters. The number of likely N-dealkylation sites (tertiary alicyclic amines) is 1. The molecule has 0 amide bonds. The zero-order valence-electron chi connectivity index (χ0n) is 12.2. The smallest absolute Gasteiger partial charge is 0.00725 e. The molecule has 2 nitrogen and oxygen atoms in total. The van der Waals surface area contributed by atoms with Crippen LogP contribution in [0.4, 0.5) is 0 Å². The molecule has 18 heavy (non-hydrogen) atoms. The van der Waals surface area contributed by atoms with Gasteiger partial charge in [0.1, 0.15) is 0 Å². The van der Waals surface area contributed by atoms with E-state index in [2.05, 4.69) is 35.8 Å². The van der Waals surface area contributed by atoms with Gasteiger partial charge in [-0.25, -0.2) is 0 Å². The lowest BCUT2D eigenvalue weighted by atomic mass is 9.78. The molecule has 0 saturated carbocycles. The van der Waals surface area contributed by atoms with Gasteiger partial charge in [0, 0.05) is 17.5 Å². The van der Waals surface area contributed by atoms with Gasteiger partial charge in [-0.05, 0) is 57.3 Å². The fourth-order valence-corrected chi connectivity index (χ4v) is 4.25. The van der Waals surface area contributed by atoms with Crippen molar-refractivity contribution < 1.29 is 0 Å². The first-order valence-electron chi connectivity index (χ1n) is 7.76. The largest absolute Gasteiger partial charge is 0.317 e. The van der Waals surface area contributed by atoms with E-state index in [1.807, 2.05) is 0 Å². The fraction of sp³-hybridized carbons (Fsp3) is 1.00. The van der Waals surface area contributed by atoms with Crippen molar-refractivity contribution in [3.05, 3.63) is 0 Å². The third kappa shape index (κ3) is 4.43. The minimum atomic E-state index is 0.638. The van der Waals surface area contributed by atoms with Crippen molar-refractivity contribution in [1.29, 1.82) is 0 Å². The molecular formula is C15H30N2S. The van der Waals surface area contributed by atoms with Gasteiger partial charge in [-0.1, -0.05) is 20.3 Å². The minimum Gasteiger partial charge on any atom is -0.317 e. The molecule has 0 aromatic heterocycles. The standard InChI is InChI=1S/C15H30N2S/c1-3-15(2)6-10-17(11-7-15)12-13-18-14-4-8-16-9-5-14/h14,16H,3-13H2,1-2H3. The number of nitrogens with zero attached hydrogens (tertiary/aromatic N) is 1. The topological polar surface area (TPSA) is 15.3 Å². The van der Waals surface area contributed by atoms with Gasteiger partial charge in [0.25, 0.3) is 0 Å². The Morgan fingerprint density at radius 3 is 2.50 bits per heavy atom. The second-order valence-electron chi connectivity index (χ2n) is 6.33. The zero-order chi connectivity index (χ0) is 12.8. The highest BCUT2D eigenvalue weighted by atomic mass is 32.2. The average molecular weight is 270 g/mol. The van der Waals surface area contributed by atoms with Crippen molar-refractivity contribution in [3.63, 3.8) is 0 Å². The summed E-state index contributed by atoms with van der Waals surface area (Å²) in [6, 6.07) is 0. The van der Waals surface area contributed by atoms with Crippen molar-refractivity contribution in [2.75, 3.05) is 38.5 Å². The van der Waals surface area contributed by atoms with Crippen LogP contribution in [0.1, 0.15) is 46.0 Å². The van der Waals surface area contributed by atoms with Gasteiger partial charge in [0.05, 0.1) is 0 Å². The van der Waals surface area contributed by atoms with E-state index in [-0.39, 0.29) is 0 Å². The third-order valence-corrected chi connectivity index (χ3v) is 6.33. The van der Waals surface area contributed by atoms with Gasteiger partial charge in [0.15, 0.2) is 0 Å². The van der Waals surface area contributed by atoms with Crippen LogP contribution in [0.15, 0.2) is 0 Å². The van der Waals surface area contributed by atoms with E-state index < -0.39 is 0 Å². The van der Waals surface area contributed by atoms with Gasteiger partial charge < -0.3 is 10.2 Å². The van der Waals surface area contributed by atoms with Crippen LogP contribution in [0.25, 0.3) is 0 Å². The SMILES string of the molecule is CCC1(C)CCN(CCSC2CCNCC2)CC1. The van der Waals surface area contributed by atoms with Crippen molar-refractivity contribution in [2.24, 2.45) is 5.41 Å². The first-order valence-corrected chi connectivity index (χ1v) is 8.81. The highest BCUT2D eigenvalue weighted by Gasteiger charge is 2.27. The number of rotatable bonds is 5. The van der Waals surface area contributed by atoms with E-state index in [0.717, 1.165) is 5.25 Å². The molecule has 2 fully saturated rings. The second kappa shape index (κ2) is 7.16. The van der Waals surface area contributed by atoms with Crippen molar-refractivity contribution in [3.8, 4) is 0 Å². The van der Waals surface area contributed by atoms with Crippen LogP contribution < -0.4 is 5.32 Å². The number of hydrogen-bond donors (Lipinski definition) is 1. The Kier molecular flexibility index (Phi) is 5.84. The van der Waals surface area contributed by atoms with Gasteiger partial charge in [-0.3, -0.25) is 0 Å². The van der Waals surface area contributed by atoms with E-state index in [0.29, 0.717) is 5.41 Å². The Bertz CT molecular complexity index is 231. The van der Waals surface area contributed by atoms with Gasteiger partial charge >= 0.3 is 0 Å². The lowest BCUT2D eigenvalue weighted by Crippen LogP contribution is -2.39. The van der Waals surface area contributed by atoms with E-state index in [1.54, 1.807) is 0 Å². The molecule has 3 heteroatoms. The molecule has 1 N–H and O–H groups in total. The second-order valence-corrected chi connectivity index (χ2v) is 7.73. The van der Waals surface area contributed by atoms with Gasteiger partial charge in [0.2, 0.25) is 0 Å². The Balaban J connectivity index is 1.57. The first kappa shape index (κ1) is 14.7. The van der Waals surface area contributed by atoms with E-state index in [4.69, 9.17) is 0 Å². The Morgan fingerprint density at radius 1 is 1.22 bits per heavy atom. The molecule has 0 bridgehead atoms. The maximum absolute atomic E-state index is 3.45. The summed E-state index contributed by atoms with van der Waals surface area (Å²) in [7, 11) is 0. The predicted molar refractivity (Wildman–Crippen MR) is 82.4 cm³/mol. The summed E-state index contributed by atoms with van der Waals surface area (Å²) in [4.78, 5) is 2.69. The maximum Gasteiger partial charge on any atom is 0.00725 e. The summed E-state index contributed by atoms with van der Waals surface area (Å²) < 4.78 is 0. The quantitative estimate of drug-likeness (QED) is 0.827. The van der Waals surface area contributed by atoms with Crippen LogP contribution in [-0.4, -0.2) is 48.6 Å². The summed E-state index contributed by atoms with van der Waals surface area (Å²) in [6.45, 7) is 11.3. The number of nitrogens with one attached hydrogen (secondary N) is 1. The molecule has 0 spiro atoms. The lowest BCUT2D eigenvalue weighted by Gasteiger charge is -2.39. The monoisotopic (exact) mass is 270 g/mol. The van der Waals surface area contributed by atoms with E-state index in [9.17, 15) is 0 Å². The van der Waals surface area contributed by atoms with Crippen LogP contribution in [0.3, 0.4) is 0 Å². The first-order chi connectivity index (χ1) is 8.72. The highest BCUT2D eigenvalue weighted by molar-refractivity contribution is 7.99. The number of thioether (sulfide) groups is 1. The number of piperidine rings is 2. The molecule has 106 valence electrons. The van der Waals surface area contributed by atoms with Crippen LogP contribution in [0, 0.1) is 5.41 Å². The highest BCUT2D eigenvalue weighted by Crippen LogP contribution is 2.34. The zero-order valence-corrected chi connectivity index (χ0v) is 13.0. The predicted octanol–water partition coefficient (Wildman–Crippen LogP) is 2.98. The van der Waals surface area contributed by atoms with E-state index >= 15 is 0 Å². The lowest BCUT2D eigenvalue weighted by molar-refractivity contribution is 0.120. The molecule has 2 aliphatic rings. The Labute approximate surface area is 117 Å². The summed E-state index contributed by atoms with van der Waals surface area (Å²) in [5.74, 6) is 1.34. The normalized spacial score (nSPS) is 26.3. The summed E-state index contributed by atoms with van der Waals surface area (Å²) in [5, 5.41) is 4.37. The van der Waals surface area contributed by atoms with Crippen molar-refractivity contribution >= 4 is 11.8 Å². The van der Waals surface area contributed by atoms with Gasteiger partial charge in [-0.2, -0.15) is 11.8 Å². The summed E-state index contributed by atoms with van der Waals surface area (Å²) in [5.41, 5.74) is 0.638. The molecule has 2 heterocycles. The molecular weight excluding hydrogens is 240 g/mol. The van der Waals surface area contributed by atoms with Crippen molar-refractivity contribution in [1.82, 2.24) is 10.2 Å². The molecule has 0 aliphatic carbocycles. The van der Waals surface area contributed by atoms with Crippen LogP contribution in [0.5, 0.6) is 0 Å². The molecule has 2 rings (SSSR count). The molecule has 2 aliphatic heterocycles. The van der Waals surface area contributed by atoms with E-state index in [1.165, 1.54) is 70.6 Å². The average Bonchev–Trinajstić information content (AvgIpc) is 2.42. The molecule has 2 saturated heterocycles. The molecule has 0 aromatic rings. The van der Waals surface area contributed by atoms with Gasteiger partial charge in [-0.15, -0.1) is 0 Å². The molecule has 0 aromatic carbocycles. The van der Waals surface area contributed by atoms with Crippen LogP contribution >= 0.6 is 11.8 Å². The minimum absolute atomic E-state index is 0.638. The summed E-state index contributed by atoms with van der Waals surface area (Å²) in [6.07, 6.45) is 6.91. The molecule has 0 atom stereocenters. The Hall–Kier alpha value is 0.270.